The Balaban J connectivity index is 1.92. The molecule has 4 aromatic rings. The third-order valence-corrected chi connectivity index (χ3v) is 5.39. The smallest absolute Gasteiger partial charge is 0.277 e. The molecule has 0 saturated carbocycles. The molecule has 124 valence electrons. The fourth-order valence-electron chi connectivity index (χ4n) is 2.44. The van der Waals surface area contributed by atoms with E-state index in [1.54, 1.807) is 24.3 Å². The van der Waals surface area contributed by atoms with Gasteiger partial charge in [0, 0.05) is 5.69 Å². The van der Waals surface area contributed by atoms with Gasteiger partial charge in [-0.1, -0.05) is 23.2 Å². The number of carbonyl (C=O) groups excluding carboxylic acids is 1. The van der Waals surface area contributed by atoms with Crippen LogP contribution >= 0.6 is 34.5 Å². The molecule has 25 heavy (non-hydrogen) atoms. The summed E-state index contributed by atoms with van der Waals surface area (Å²) in [7, 11) is 0. The van der Waals surface area contributed by atoms with E-state index in [2.05, 4.69) is 20.3 Å². The number of hydrogen-bond donors (Lipinski definition) is 2. The van der Waals surface area contributed by atoms with Crippen LogP contribution < -0.4 is 11.1 Å². The van der Waals surface area contributed by atoms with Gasteiger partial charge in [-0.15, -0.1) is 11.3 Å². The summed E-state index contributed by atoms with van der Waals surface area (Å²) < 4.78 is 0.787. The topological polar surface area (TPSA) is 93.8 Å². The number of primary amides is 1. The number of benzene rings is 2. The lowest BCUT2D eigenvalue weighted by Gasteiger charge is -2.09. The lowest BCUT2D eigenvalue weighted by molar-refractivity contribution is 0.1000. The molecule has 0 atom stereocenters. The third-order valence-electron chi connectivity index (χ3n) is 3.55. The molecule has 0 saturated heterocycles. The van der Waals surface area contributed by atoms with Crippen molar-refractivity contribution in [3.63, 3.8) is 0 Å². The Morgan fingerprint density at radius 3 is 2.64 bits per heavy atom. The second kappa shape index (κ2) is 6.11. The molecular weight excluding hydrogens is 381 g/mol. The van der Waals surface area contributed by atoms with Crippen LogP contribution in [-0.4, -0.2) is 20.9 Å². The fourth-order valence-corrected chi connectivity index (χ4v) is 3.70. The summed E-state index contributed by atoms with van der Waals surface area (Å²) in [5.41, 5.74) is 7.47. The zero-order valence-corrected chi connectivity index (χ0v) is 14.8. The average molecular weight is 390 g/mol. The van der Waals surface area contributed by atoms with Crippen molar-refractivity contribution in [1.82, 2.24) is 15.0 Å². The van der Waals surface area contributed by atoms with E-state index in [4.69, 9.17) is 28.9 Å². The number of aromatic nitrogens is 3. The van der Waals surface area contributed by atoms with Gasteiger partial charge in [-0.05, 0) is 30.3 Å². The van der Waals surface area contributed by atoms with E-state index in [1.165, 1.54) is 17.7 Å². The second-order valence-electron chi connectivity index (χ2n) is 5.17. The molecule has 0 aliphatic heterocycles. The largest absolute Gasteiger partial charge is 0.364 e. The zero-order valence-electron chi connectivity index (χ0n) is 12.5. The highest BCUT2D eigenvalue weighted by molar-refractivity contribution is 7.21. The van der Waals surface area contributed by atoms with Crippen LogP contribution in [0.1, 0.15) is 9.80 Å². The summed E-state index contributed by atoms with van der Waals surface area (Å²) in [6.07, 6.45) is 1.46. The SMILES string of the molecule is NC(=O)c1nc2ccc3ncnc(Nc4ccc(Cl)c(Cl)c4)c3c2s1. The molecular formula is C16H9Cl2N5OS. The number of fused-ring (bicyclic) bond motifs is 3. The molecule has 4 rings (SSSR count). The monoisotopic (exact) mass is 389 g/mol. The number of halogens is 2. The van der Waals surface area contributed by atoms with Crippen molar-refractivity contribution in [2.24, 2.45) is 5.73 Å². The highest BCUT2D eigenvalue weighted by atomic mass is 35.5. The Bertz CT molecular complexity index is 1140. The molecule has 1 amide bonds. The number of anilines is 2. The van der Waals surface area contributed by atoms with E-state index in [0.717, 1.165) is 21.3 Å². The Morgan fingerprint density at radius 1 is 1.08 bits per heavy atom. The van der Waals surface area contributed by atoms with Crippen molar-refractivity contribution in [2.45, 2.75) is 0 Å². The Labute approximate surface area is 155 Å². The van der Waals surface area contributed by atoms with Gasteiger partial charge in [-0.3, -0.25) is 4.79 Å². The molecule has 0 radical (unpaired) electrons. The first-order valence-corrected chi connectivity index (χ1v) is 8.66. The Morgan fingerprint density at radius 2 is 1.88 bits per heavy atom. The van der Waals surface area contributed by atoms with Gasteiger partial charge in [0.25, 0.3) is 5.91 Å². The summed E-state index contributed by atoms with van der Waals surface area (Å²) in [5, 5.41) is 5.12. The molecule has 0 aliphatic carbocycles. The zero-order chi connectivity index (χ0) is 17.6. The van der Waals surface area contributed by atoms with Crippen LogP contribution in [-0.2, 0) is 0 Å². The van der Waals surface area contributed by atoms with Crippen LogP contribution in [0.2, 0.25) is 10.0 Å². The van der Waals surface area contributed by atoms with Gasteiger partial charge in [0.2, 0.25) is 0 Å². The van der Waals surface area contributed by atoms with Crippen LogP contribution in [0.4, 0.5) is 11.5 Å². The van der Waals surface area contributed by atoms with Gasteiger partial charge >= 0.3 is 0 Å². The van der Waals surface area contributed by atoms with Crippen LogP contribution in [0.3, 0.4) is 0 Å². The summed E-state index contributed by atoms with van der Waals surface area (Å²) in [6, 6.07) is 8.83. The normalized spacial score (nSPS) is 11.1. The predicted octanol–water partition coefficient (Wildman–Crippen LogP) is 4.39. The van der Waals surface area contributed by atoms with Crippen LogP contribution in [0.5, 0.6) is 0 Å². The molecule has 0 unspecified atom stereocenters. The van der Waals surface area contributed by atoms with Crippen molar-refractivity contribution in [2.75, 3.05) is 5.32 Å². The van der Waals surface area contributed by atoms with Gasteiger partial charge in [0.1, 0.15) is 12.1 Å². The maximum absolute atomic E-state index is 11.4. The van der Waals surface area contributed by atoms with Crippen LogP contribution in [0.25, 0.3) is 21.1 Å². The van der Waals surface area contributed by atoms with Crippen molar-refractivity contribution < 1.29 is 4.79 Å². The van der Waals surface area contributed by atoms with Crippen LogP contribution in [0.15, 0.2) is 36.7 Å². The maximum atomic E-state index is 11.4. The van der Waals surface area contributed by atoms with Gasteiger partial charge in [0.15, 0.2) is 5.01 Å². The number of amides is 1. The molecule has 2 heterocycles. The van der Waals surface area contributed by atoms with E-state index < -0.39 is 5.91 Å². The minimum absolute atomic E-state index is 0.242. The molecule has 0 fully saturated rings. The number of rotatable bonds is 3. The van der Waals surface area contributed by atoms with E-state index in [0.29, 0.717) is 21.4 Å². The molecule has 0 bridgehead atoms. The van der Waals surface area contributed by atoms with E-state index >= 15 is 0 Å². The number of nitrogens with two attached hydrogens (primary N) is 1. The average Bonchev–Trinajstić information content (AvgIpc) is 3.03. The van der Waals surface area contributed by atoms with E-state index in [-0.39, 0.29) is 5.01 Å². The molecule has 2 aromatic heterocycles. The van der Waals surface area contributed by atoms with Crippen molar-refractivity contribution in [3.8, 4) is 0 Å². The first-order valence-electron chi connectivity index (χ1n) is 7.09. The van der Waals surface area contributed by atoms with E-state index in [9.17, 15) is 4.79 Å². The molecule has 9 heteroatoms. The summed E-state index contributed by atoms with van der Waals surface area (Å²) in [6.45, 7) is 0. The number of nitrogens with one attached hydrogen (secondary N) is 1. The molecule has 0 spiro atoms. The van der Waals surface area contributed by atoms with Crippen molar-refractivity contribution >= 4 is 73.1 Å². The first kappa shape index (κ1) is 16.0. The lowest BCUT2D eigenvalue weighted by Crippen LogP contribution is -2.09. The number of thiazole rings is 1. The van der Waals surface area contributed by atoms with Gasteiger partial charge in [-0.2, -0.15) is 0 Å². The van der Waals surface area contributed by atoms with Gasteiger partial charge in [0.05, 0.1) is 31.2 Å². The standard InChI is InChI=1S/C16H9Cl2N5OS/c17-8-2-1-7(5-9(8)18)22-15-12-10(20-6-21-15)3-4-11-13(12)25-16(23-11)14(19)24/h1-6H,(H2,19,24)(H,20,21,22). The quantitative estimate of drug-likeness (QED) is 0.541. The molecule has 6 nitrogen and oxygen atoms in total. The number of nitrogens with zero attached hydrogens (tertiary/aromatic N) is 3. The van der Waals surface area contributed by atoms with Gasteiger partial charge < -0.3 is 11.1 Å². The Kier molecular flexibility index (Phi) is 3.91. The van der Waals surface area contributed by atoms with Crippen molar-refractivity contribution in [3.05, 3.63) is 51.7 Å². The third kappa shape index (κ3) is 2.86. The summed E-state index contributed by atoms with van der Waals surface area (Å²) in [4.78, 5) is 24.3. The van der Waals surface area contributed by atoms with Gasteiger partial charge in [-0.25, -0.2) is 15.0 Å². The molecule has 3 N–H and O–H groups in total. The van der Waals surface area contributed by atoms with Crippen molar-refractivity contribution in [1.29, 1.82) is 0 Å². The minimum atomic E-state index is -0.565. The Hall–Kier alpha value is -2.48. The highest BCUT2D eigenvalue weighted by Gasteiger charge is 2.15. The molecule has 2 aromatic carbocycles. The summed E-state index contributed by atoms with van der Waals surface area (Å²) >= 11 is 13.2. The maximum Gasteiger partial charge on any atom is 0.277 e. The number of hydrogen-bond acceptors (Lipinski definition) is 6. The predicted molar refractivity (Wildman–Crippen MR) is 101 cm³/mol. The number of carbonyl (C=O) groups is 1. The van der Waals surface area contributed by atoms with E-state index in [1.807, 2.05) is 6.07 Å². The fraction of sp³-hybridized carbons (Fsp3) is 0. The highest BCUT2D eigenvalue weighted by Crippen LogP contribution is 2.35. The summed E-state index contributed by atoms with van der Waals surface area (Å²) in [5.74, 6) is 0.0128. The lowest BCUT2D eigenvalue weighted by atomic mass is 10.2. The minimum Gasteiger partial charge on any atom is -0.364 e. The molecule has 0 aliphatic rings. The first-order chi connectivity index (χ1) is 12.0. The second-order valence-corrected chi connectivity index (χ2v) is 6.98. The van der Waals surface area contributed by atoms with Crippen LogP contribution in [0, 0.1) is 0 Å².